The van der Waals surface area contributed by atoms with Crippen molar-refractivity contribution in [2.45, 2.75) is 31.1 Å². The Morgan fingerprint density at radius 3 is 1.73 bits per heavy atom. The van der Waals surface area contributed by atoms with Gasteiger partial charge in [-0.2, -0.15) is 26.3 Å². The Kier molecular flexibility index (Phi) is 3.50. The SMILES string of the molecule is CC1(c2cc(C(F)(F)F)cc(C(F)(F)F)c2)CC(=O)NC1=O. The van der Waals surface area contributed by atoms with E-state index < -0.39 is 52.7 Å². The Labute approximate surface area is 120 Å². The number of alkyl halides is 6. The minimum atomic E-state index is -5.01. The monoisotopic (exact) mass is 325 g/mol. The first-order valence-corrected chi connectivity index (χ1v) is 5.98. The van der Waals surface area contributed by atoms with Gasteiger partial charge in [-0.05, 0) is 30.7 Å². The number of carbonyl (C=O) groups is 2. The standard InChI is InChI=1S/C13H9F6NO2/c1-11(5-9(21)20-10(11)22)6-2-7(12(14,15)16)4-8(3-6)13(17,18)19/h2-4H,5H2,1H3,(H,20,21,22). The minimum Gasteiger partial charge on any atom is -0.296 e. The van der Waals surface area contributed by atoms with E-state index in [0.29, 0.717) is 12.1 Å². The van der Waals surface area contributed by atoms with E-state index in [9.17, 15) is 35.9 Å². The molecule has 1 N–H and O–H groups in total. The van der Waals surface area contributed by atoms with Crippen molar-refractivity contribution in [3.63, 3.8) is 0 Å². The maximum absolute atomic E-state index is 12.8. The molecule has 1 fully saturated rings. The molecule has 0 spiro atoms. The summed E-state index contributed by atoms with van der Waals surface area (Å²) in [7, 11) is 0. The van der Waals surface area contributed by atoms with Crippen molar-refractivity contribution < 1.29 is 35.9 Å². The lowest BCUT2D eigenvalue weighted by atomic mass is 9.79. The van der Waals surface area contributed by atoms with Gasteiger partial charge < -0.3 is 0 Å². The van der Waals surface area contributed by atoms with Gasteiger partial charge in [0.15, 0.2) is 0 Å². The van der Waals surface area contributed by atoms with Crippen molar-refractivity contribution in [3.05, 3.63) is 34.9 Å². The van der Waals surface area contributed by atoms with Crippen LogP contribution in [-0.4, -0.2) is 11.8 Å². The van der Waals surface area contributed by atoms with Crippen LogP contribution in [-0.2, 0) is 27.4 Å². The number of halogens is 6. The molecule has 120 valence electrons. The molecular formula is C13H9F6NO2. The zero-order chi connectivity index (χ0) is 16.9. The lowest BCUT2D eigenvalue weighted by molar-refractivity contribution is -0.143. The highest BCUT2D eigenvalue weighted by Gasteiger charge is 2.46. The number of hydrogen-bond donors (Lipinski definition) is 1. The van der Waals surface area contributed by atoms with Crippen LogP contribution in [0.1, 0.15) is 30.0 Å². The number of imide groups is 1. The Balaban J connectivity index is 2.66. The van der Waals surface area contributed by atoms with Crippen LogP contribution in [0.5, 0.6) is 0 Å². The first-order chi connectivity index (χ1) is 9.84. The maximum Gasteiger partial charge on any atom is 0.416 e. The van der Waals surface area contributed by atoms with Gasteiger partial charge in [0.1, 0.15) is 0 Å². The summed E-state index contributed by atoms with van der Waals surface area (Å²) in [6.07, 6.45) is -10.5. The number of hydrogen-bond acceptors (Lipinski definition) is 2. The second-order valence-electron chi connectivity index (χ2n) is 5.18. The minimum absolute atomic E-state index is 0.0263. The van der Waals surface area contributed by atoms with Gasteiger partial charge in [0.05, 0.1) is 16.5 Å². The van der Waals surface area contributed by atoms with Gasteiger partial charge in [0, 0.05) is 6.42 Å². The number of amides is 2. The second-order valence-corrected chi connectivity index (χ2v) is 5.18. The van der Waals surface area contributed by atoms with Crippen LogP contribution >= 0.6 is 0 Å². The first-order valence-electron chi connectivity index (χ1n) is 5.98. The van der Waals surface area contributed by atoms with Gasteiger partial charge in [-0.25, -0.2) is 0 Å². The Morgan fingerprint density at radius 1 is 0.955 bits per heavy atom. The van der Waals surface area contributed by atoms with Crippen molar-refractivity contribution >= 4 is 11.8 Å². The molecule has 0 saturated carbocycles. The van der Waals surface area contributed by atoms with Crippen LogP contribution in [0.3, 0.4) is 0 Å². The van der Waals surface area contributed by atoms with Crippen molar-refractivity contribution in [1.82, 2.24) is 5.32 Å². The van der Waals surface area contributed by atoms with E-state index in [2.05, 4.69) is 0 Å². The molecule has 1 aliphatic rings. The van der Waals surface area contributed by atoms with Crippen molar-refractivity contribution in [2.24, 2.45) is 0 Å². The largest absolute Gasteiger partial charge is 0.416 e. The highest BCUT2D eigenvalue weighted by Crippen LogP contribution is 2.40. The summed E-state index contributed by atoms with van der Waals surface area (Å²) in [5, 5.41) is 1.88. The number of carbonyl (C=O) groups excluding carboxylic acids is 2. The molecule has 2 rings (SSSR count). The van der Waals surface area contributed by atoms with Crippen LogP contribution in [0.4, 0.5) is 26.3 Å². The Hall–Kier alpha value is -2.06. The van der Waals surface area contributed by atoms with E-state index in [-0.39, 0.29) is 6.07 Å². The van der Waals surface area contributed by atoms with Crippen molar-refractivity contribution in [2.75, 3.05) is 0 Å². The summed E-state index contributed by atoms with van der Waals surface area (Å²) >= 11 is 0. The summed E-state index contributed by atoms with van der Waals surface area (Å²) in [5.74, 6) is -1.68. The van der Waals surface area contributed by atoms with E-state index >= 15 is 0 Å². The third-order valence-corrected chi connectivity index (χ3v) is 3.49. The summed E-state index contributed by atoms with van der Waals surface area (Å²) in [6, 6.07) is 0.905. The quantitative estimate of drug-likeness (QED) is 0.637. The summed E-state index contributed by atoms with van der Waals surface area (Å²) < 4.78 is 76.7. The number of nitrogens with one attached hydrogen (secondary N) is 1. The van der Waals surface area contributed by atoms with Gasteiger partial charge in [-0.1, -0.05) is 0 Å². The highest BCUT2D eigenvalue weighted by molar-refractivity contribution is 6.08. The zero-order valence-electron chi connectivity index (χ0n) is 11.0. The fraction of sp³-hybridized carbons (Fsp3) is 0.385. The molecule has 0 radical (unpaired) electrons. The molecular weight excluding hydrogens is 316 g/mol. The molecule has 1 unspecified atom stereocenters. The van der Waals surface area contributed by atoms with E-state index in [1.54, 1.807) is 0 Å². The molecule has 1 heterocycles. The smallest absolute Gasteiger partial charge is 0.296 e. The molecule has 1 atom stereocenters. The fourth-order valence-electron chi connectivity index (χ4n) is 2.22. The van der Waals surface area contributed by atoms with E-state index in [1.807, 2.05) is 5.32 Å². The molecule has 1 aromatic rings. The third kappa shape index (κ3) is 2.79. The molecule has 9 heteroatoms. The van der Waals surface area contributed by atoms with E-state index in [4.69, 9.17) is 0 Å². The molecule has 2 amide bonds. The van der Waals surface area contributed by atoms with E-state index in [1.165, 1.54) is 0 Å². The average molecular weight is 325 g/mol. The van der Waals surface area contributed by atoms with Gasteiger partial charge >= 0.3 is 12.4 Å². The number of benzene rings is 1. The molecule has 1 aromatic carbocycles. The molecule has 3 nitrogen and oxygen atoms in total. The number of rotatable bonds is 1. The van der Waals surface area contributed by atoms with Crippen molar-refractivity contribution in [1.29, 1.82) is 0 Å². The lowest BCUT2D eigenvalue weighted by Gasteiger charge is -2.23. The Bertz CT molecular complexity index is 617. The van der Waals surface area contributed by atoms with Crippen LogP contribution in [0.2, 0.25) is 0 Å². The topological polar surface area (TPSA) is 46.2 Å². The molecule has 22 heavy (non-hydrogen) atoms. The Morgan fingerprint density at radius 2 is 1.41 bits per heavy atom. The zero-order valence-corrected chi connectivity index (χ0v) is 11.0. The van der Waals surface area contributed by atoms with Crippen LogP contribution < -0.4 is 5.32 Å². The molecule has 0 aromatic heterocycles. The average Bonchev–Trinajstić information content (AvgIpc) is 2.61. The van der Waals surface area contributed by atoms with Gasteiger partial charge in [-0.15, -0.1) is 0 Å². The molecule has 1 saturated heterocycles. The van der Waals surface area contributed by atoms with Crippen LogP contribution in [0, 0.1) is 0 Å². The summed E-state index contributed by atoms with van der Waals surface area (Å²) in [4.78, 5) is 23.0. The summed E-state index contributed by atoms with van der Waals surface area (Å²) in [5.41, 5.74) is -5.31. The van der Waals surface area contributed by atoms with Crippen LogP contribution in [0.15, 0.2) is 18.2 Å². The fourth-order valence-corrected chi connectivity index (χ4v) is 2.22. The van der Waals surface area contributed by atoms with Gasteiger partial charge in [0.25, 0.3) is 0 Å². The normalized spacial score (nSPS) is 22.9. The van der Waals surface area contributed by atoms with Gasteiger partial charge in [-0.3, -0.25) is 14.9 Å². The third-order valence-electron chi connectivity index (χ3n) is 3.49. The second kappa shape index (κ2) is 4.72. The van der Waals surface area contributed by atoms with E-state index in [0.717, 1.165) is 6.92 Å². The summed E-state index contributed by atoms with van der Waals surface area (Å²) in [6.45, 7) is 1.13. The molecule has 0 aliphatic carbocycles. The van der Waals surface area contributed by atoms with Crippen LogP contribution in [0.25, 0.3) is 0 Å². The molecule has 1 aliphatic heterocycles. The van der Waals surface area contributed by atoms with Crippen molar-refractivity contribution in [3.8, 4) is 0 Å². The highest BCUT2D eigenvalue weighted by atomic mass is 19.4. The predicted molar refractivity (Wildman–Crippen MR) is 61.6 cm³/mol. The predicted octanol–water partition coefficient (Wildman–Crippen LogP) is 3.03. The lowest BCUT2D eigenvalue weighted by Crippen LogP contribution is -2.33. The first kappa shape index (κ1) is 16.3. The molecule has 0 bridgehead atoms. The van der Waals surface area contributed by atoms with Gasteiger partial charge in [0.2, 0.25) is 11.8 Å². The maximum atomic E-state index is 12.8.